The van der Waals surface area contributed by atoms with Gasteiger partial charge in [0.15, 0.2) is 0 Å². The van der Waals surface area contributed by atoms with Gasteiger partial charge in [0.2, 0.25) is 5.78 Å². The van der Waals surface area contributed by atoms with Crippen LogP contribution in [0.2, 0.25) is 0 Å². The summed E-state index contributed by atoms with van der Waals surface area (Å²) in [5.74, 6) is -0.126. The molecule has 0 bridgehead atoms. The summed E-state index contributed by atoms with van der Waals surface area (Å²) in [6.45, 7) is 2.72. The van der Waals surface area contributed by atoms with Crippen molar-refractivity contribution in [1.82, 2.24) is 19.4 Å². The molecule has 2 rings (SSSR count). The molecule has 0 unspecified atom stereocenters. The van der Waals surface area contributed by atoms with E-state index in [-0.39, 0.29) is 5.78 Å². The molecule has 0 N–H and O–H groups in total. The highest BCUT2D eigenvalue weighted by Gasteiger charge is 2.13. The molecule has 2 aromatic rings. The number of aromatic nitrogens is 4. The normalized spacial score (nSPS) is 10.4. The van der Waals surface area contributed by atoms with Crippen molar-refractivity contribution >= 4 is 17.3 Å². The van der Waals surface area contributed by atoms with Crippen LogP contribution in [-0.4, -0.2) is 25.2 Å². The number of ketones is 1. The average Bonchev–Trinajstić information content (AvgIpc) is 2.88. The van der Waals surface area contributed by atoms with E-state index in [1.165, 1.54) is 11.5 Å². The maximum absolute atomic E-state index is 11.7. The van der Waals surface area contributed by atoms with Gasteiger partial charge in [0.1, 0.15) is 5.69 Å². The van der Waals surface area contributed by atoms with Crippen LogP contribution in [0, 0.1) is 0 Å². The monoisotopic (exact) mass is 208 g/mol. The molecule has 14 heavy (non-hydrogen) atoms. The summed E-state index contributed by atoms with van der Waals surface area (Å²) in [6, 6.07) is 0. The van der Waals surface area contributed by atoms with Gasteiger partial charge in [-0.05, 0) is 18.5 Å². The first-order valence-corrected chi connectivity index (χ1v) is 4.99. The number of carbonyl (C=O) groups is 1. The van der Waals surface area contributed by atoms with Gasteiger partial charge in [-0.1, -0.05) is 4.49 Å². The molecular formula is C8H8N4OS. The molecule has 0 aliphatic rings. The lowest BCUT2D eigenvalue weighted by molar-refractivity contribution is 0.103. The highest BCUT2D eigenvalue weighted by molar-refractivity contribution is 7.03. The van der Waals surface area contributed by atoms with Crippen LogP contribution in [0.15, 0.2) is 17.8 Å². The topological polar surface area (TPSA) is 60.7 Å². The lowest BCUT2D eigenvalue weighted by Gasteiger charge is -1.91. The highest BCUT2D eigenvalue weighted by atomic mass is 32.1. The van der Waals surface area contributed by atoms with E-state index in [9.17, 15) is 4.79 Å². The summed E-state index contributed by atoms with van der Waals surface area (Å²) in [5, 5.41) is 9.36. The number of hydrogen-bond donors (Lipinski definition) is 0. The third kappa shape index (κ3) is 1.56. The van der Waals surface area contributed by atoms with Crippen LogP contribution in [0.4, 0.5) is 0 Å². The molecule has 0 fully saturated rings. The molecule has 0 radical (unpaired) electrons. The Balaban J connectivity index is 2.28. The highest BCUT2D eigenvalue weighted by Crippen LogP contribution is 2.07. The van der Waals surface area contributed by atoms with Gasteiger partial charge in [-0.15, -0.1) is 5.10 Å². The van der Waals surface area contributed by atoms with E-state index < -0.39 is 0 Å². The lowest BCUT2D eigenvalue weighted by Crippen LogP contribution is -2.00. The molecule has 2 aromatic heterocycles. The van der Waals surface area contributed by atoms with Crippen molar-refractivity contribution in [2.24, 2.45) is 0 Å². The molecule has 0 aliphatic heterocycles. The van der Waals surface area contributed by atoms with Gasteiger partial charge < -0.3 is 0 Å². The Morgan fingerprint density at radius 2 is 2.50 bits per heavy atom. The third-order valence-electron chi connectivity index (χ3n) is 1.81. The van der Waals surface area contributed by atoms with Gasteiger partial charge in [-0.3, -0.25) is 9.48 Å². The van der Waals surface area contributed by atoms with Crippen LogP contribution in [-0.2, 0) is 6.54 Å². The smallest absolute Gasteiger partial charge is 0.217 e. The third-order valence-corrected chi connectivity index (χ3v) is 2.32. The minimum absolute atomic E-state index is 0.126. The van der Waals surface area contributed by atoms with Gasteiger partial charge in [-0.25, -0.2) is 0 Å². The zero-order chi connectivity index (χ0) is 9.97. The Morgan fingerprint density at radius 1 is 1.64 bits per heavy atom. The Labute approximate surface area is 84.5 Å². The van der Waals surface area contributed by atoms with Crippen molar-refractivity contribution in [2.45, 2.75) is 13.5 Å². The number of carbonyl (C=O) groups excluding carboxylic acids is 1. The van der Waals surface area contributed by atoms with Gasteiger partial charge in [0.25, 0.3) is 0 Å². The Kier molecular flexibility index (Phi) is 2.36. The maximum Gasteiger partial charge on any atom is 0.217 e. The molecular weight excluding hydrogens is 200 g/mol. The van der Waals surface area contributed by atoms with E-state index in [0.29, 0.717) is 11.3 Å². The maximum atomic E-state index is 11.7. The van der Waals surface area contributed by atoms with E-state index in [1.54, 1.807) is 22.5 Å². The van der Waals surface area contributed by atoms with Crippen LogP contribution >= 0.6 is 11.5 Å². The van der Waals surface area contributed by atoms with Crippen molar-refractivity contribution < 1.29 is 4.79 Å². The summed E-state index contributed by atoms with van der Waals surface area (Å²) in [7, 11) is 0. The SMILES string of the molecule is CCn1cc(C(=O)c2csnn2)cn1. The minimum atomic E-state index is -0.126. The van der Waals surface area contributed by atoms with Crippen LogP contribution in [0.5, 0.6) is 0 Å². The van der Waals surface area contributed by atoms with Crippen LogP contribution < -0.4 is 0 Å². The first kappa shape index (κ1) is 9.01. The fourth-order valence-electron chi connectivity index (χ4n) is 1.07. The summed E-state index contributed by atoms with van der Waals surface area (Å²) in [6.07, 6.45) is 3.26. The fourth-order valence-corrected chi connectivity index (χ4v) is 1.50. The van der Waals surface area contributed by atoms with Crippen LogP contribution in [0.25, 0.3) is 0 Å². The summed E-state index contributed by atoms with van der Waals surface area (Å²) >= 11 is 1.17. The van der Waals surface area contributed by atoms with E-state index in [4.69, 9.17) is 0 Å². The van der Waals surface area contributed by atoms with Gasteiger partial charge in [0, 0.05) is 18.1 Å². The molecule has 6 heteroatoms. The molecule has 0 atom stereocenters. The number of nitrogens with zero attached hydrogens (tertiary/aromatic N) is 4. The van der Waals surface area contributed by atoms with Gasteiger partial charge >= 0.3 is 0 Å². The minimum Gasteiger partial charge on any atom is -0.287 e. The number of aryl methyl sites for hydroxylation is 1. The largest absolute Gasteiger partial charge is 0.287 e. The quantitative estimate of drug-likeness (QED) is 0.705. The second-order valence-corrected chi connectivity index (χ2v) is 3.31. The van der Waals surface area contributed by atoms with E-state index in [2.05, 4.69) is 14.7 Å². The summed E-state index contributed by atoms with van der Waals surface area (Å²) in [4.78, 5) is 11.7. The van der Waals surface area contributed by atoms with Gasteiger partial charge in [0.05, 0.1) is 11.8 Å². The molecule has 0 saturated heterocycles. The average molecular weight is 208 g/mol. The second kappa shape index (κ2) is 3.67. The number of hydrogen-bond acceptors (Lipinski definition) is 5. The zero-order valence-corrected chi connectivity index (χ0v) is 8.36. The Hall–Kier alpha value is -1.56. The molecule has 2 heterocycles. The Morgan fingerprint density at radius 3 is 3.07 bits per heavy atom. The number of rotatable bonds is 3. The molecule has 0 spiro atoms. The predicted octanol–water partition coefficient (Wildman–Crippen LogP) is 0.986. The first-order chi connectivity index (χ1) is 6.81. The lowest BCUT2D eigenvalue weighted by atomic mass is 10.2. The van der Waals surface area contributed by atoms with Crippen molar-refractivity contribution in [3.63, 3.8) is 0 Å². The van der Waals surface area contributed by atoms with E-state index in [0.717, 1.165) is 6.54 Å². The van der Waals surface area contributed by atoms with E-state index in [1.807, 2.05) is 6.92 Å². The summed E-state index contributed by atoms with van der Waals surface area (Å²) in [5.41, 5.74) is 0.935. The molecule has 0 aromatic carbocycles. The van der Waals surface area contributed by atoms with Crippen molar-refractivity contribution in [2.75, 3.05) is 0 Å². The van der Waals surface area contributed by atoms with Crippen molar-refractivity contribution in [3.05, 3.63) is 29.0 Å². The fraction of sp³-hybridized carbons (Fsp3) is 0.250. The predicted molar refractivity (Wildman–Crippen MR) is 51.2 cm³/mol. The first-order valence-electron chi connectivity index (χ1n) is 4.15. The van der Waals surface area contributed by atoms with Crippen LogP contribution in [0.1, 0.15) is 23.0 Å². The molecule has 0 aliphatic carbocycles. The summed E-state index contributed by atoms with van der Waals surface area (Å²) < 4.78 is 5.34. The van der Waals surface area contributed by atoms with Gasteiger partial charge in [-0.2, -0.15) is 5.10 Å². The molecule has 0 amide bonds. The standard InChI is InChI=1S/C8H8N4OS/c1-2-12-4-6(3-9-12)8(13)7-5-14-11-10-7/h3-5H,2H2,1H3. The second-order valence-electron chi connectivity index (χ2n) is 2.70. The zero-order valence-electron chi connectivity index (χ0n) is 7.54. The van der Waals surface area contributed by atoms with E-state index >= 15 is 0 Å². The molecule has 5 nitrogen and oxygen atoms in total. The van der Waals surface area contributed by atoms with Crippen molar-refractivity contribution in [3.8, 4) is 0 Å². The molecule has 0 saturated carbocycles. The molecule has 72 valence electrons. The van der Waals surface area contributed by atoms with Crippen LogP contribution in [0.3, 0.4) is 0 Å². The van der Waals surface area contributed by atoms with Crippen molar-refractivity contribution in [1.29, 1.82) is 0 Å². The Bertz CT molecular complexity index is 434.